The fourth-order valence-corrected chi connectivity index (χ4v) is 5.01. The number of hydrazine groups is 1. The molecule has 4 rings (SSSR count). The molecule has 2 fully saturated rings. The Kier molecular flexibility index (Phi) is 6.63. The maximum absolute atomic E-state index is 13.2. The summed E-state index contributed by atoms with van der Waals surface area (Å²) < 4.78 is 1.95. The summed E-state index contributed by atoms with van der Waals surface area (Å²) in [5.74, 6) is 0. The zero-order valence-corrected chi connectivity index (χ0v) is 17.9. The zero-order valence-electron chi connectivity index (χ0n) is 17.9. The Morgan fingerprint density at radius 3 is 2.55 bits per heavy atom. The molecule has 1 aromatic heterocycles. The van der Waals surface area contributed by atoms with E-state index in [9.17, 15) is 4.79 Å². The van der Waals surface area contributed by atoms with Crippen LogP contribution in [0.3, 0.4) is 0 Å². The molecule has 2 aliphatic rings. The molecule has 0 saturated carbocycles. The standard InChI is InChI=1S/C23H35N5O/c1-17-9-8-10-18(2)27(17)15-6-3-7-16-28-21-12-5-4-11-19(21)25-22(23(28)29)20-13-14-24-26-20/h4-5,11-12,17-18,20,24,26H,3,6-10,13-16H2,1-2H3/t17-,18+,20?. The van der Waals surface area contributed by atoms with Gasteiger partial charge in [-0.3, -0.25) is 15.1 Å². The molecule has 1 unspecified atom stereocenters. The minimum Gasteiger partial charge on any atom is -0.305 e. The van der Waals surface area contributed by atoms with Gasteiger partial charge >= 0.3 is 0 Å². The predicted octanol–water partition coefficient (Wildman–Crippen LogP) is 3.37. The van der Waals surface area contributed by atoms with Crippen molar-refractivity contribution in [2.45, 2.75) is 83.5 Å². The number of para-hydroxylation sites is 2. The molecule has 0 aliphatic carbocycles. The van der Waals surface area contributed by atoms with Crippen LogP contribution in [0.1, 0.15) is 70.5 Å². The van der Waals surface area contributed by atoms with E-state index in [0.717, 1.165) is 43.4 Å². The summed E-state index contributed by atoms with van der Waals surface area (Å²) in [6.07, 6.45) is 8.30. The number of unbranched alkanes of at least 4 members (excludes halogenated alkanes) is 2. The van der Waals surface area contributed by atoms with Crippen LogP contribution < -0.4 is 16.4 Å². The van der Waals surface area contributed by atoms with Crippen molar-refractivity contribution in [2.24, 2.45) is 0 Å². The summed E-state index contributed by atoms with van der Waals surface area (Å²) in [5, 5.41) is 0. The van der Waals surface area contributed by atoms with Crippen molar-refractivity contribution in [3.63, 3.8) is 0 Å². The van der Waals surface area contributed by atoms with Crippen LogP contribution in [-0.2, 0) is 6.54 Å². The summed E-state index contributed by atoms with van der Waals surface area (Å²) >= 11 is 0. The SMILES string of the molecule is C[C@@H]1CCC[C@H](C)N1CCCCCn1c(=O)c(C2CCNN2)nc2ccccc21. The van der Waals surface area contributed by atoms with E-state index >= 15 is 0 Å². The highest BCUT2D eigenvalue weighted by atomic mass is 16.1. The largest absolute Gasteiger partial charge is 0.305 e. The average molecular weight is 398 g/mol. The number of nitrogens with zero attached hydrogens (tertiary/aromatic N) is 3. The van der Waals surface area contributed by atoms with Crippen molar-refractivity contribution in [2.75, 3.05) is 13.1 Å². The van der Waals surface area contributed by atoms with Crippen LogP contribution in [-0.4, -0.2) is 39.6 Å². The van der Waals surface area contributed by atoms with E-state index in [2.05, 4.69) is 29.6 Å². The Morgan fingerprint density at radius 2 is 1.79 bits per heavy atom. The Balaban J connectivity index is 1.42. The van der Waals surface area contributed by atoms with Gasteiger partial charge < -0.3 is 4.57 Å². The maximum atomic E-state index is 13.2. The number of nitrogens with one attached hydrogen (secondary N) is 2. The number of benzene rings is 1. The molecule has 0 amide bonds. The van der Waals surface area contributed by atoms with Crippen molar-refractivity contribution < 1.29 is 0 Å². The van der Waals surface area contributed by atoms with Crippen molar-refractivity contribution in [1.29, 1.82) is 0 Å². The van der Waals surface area contributed by atoms with Gasteiger partial charge in [-0.15, -0.1) is 0 Å². The molecule has 2 saturated heterocycles. The van der Waals surface area contributed by atoms with Gasteiger partial charge in [0.05, 0.1) is 17.1 Å². The molecule has 2 N–H and O–H groups in total. The van der Waals surface area contributed by atoms with E-state index in [4.69, 9.17) is 4.98 Å². The Bertz CT molecular complexity index is 863. The van der Waals surface area contributed by atoms with Gasteiger partial charge in [-0.25, -0.2) is 10.4 Å². The van der Waals surface area contributed by atoms with Gasteiger partial charge in [0, 0.05) is 25.2 Å². The number of aromatic nitrogens is 2. The van der Waals surface area contributed by atoms with Crippen LogP contribution in [0, 0.1) is 0 Å². The second-order valence-electron chi connectivity index (χ2n) is 8.78. The van der Waals surface area contributed by atoms with Crippen LogP contribution >= 0.6 is 0 Å². The van der Waals surface area contributed by atoms with Crippen LogP contribution in [0.4, 0.5) is 0 Å². The van der Waals surface area contributed by atoms with Crippen molar-refractivity contribution in [1.82, 2.24) is 25.3 Å². The van der Waals surface area contributed by atoms with E-state index in [1.807, 2.05) is 28.8 Å². The molecule has 1 aromatic carbocycles. The monoisotopic (exact) mass is 397 g/mol. The first-order chi connectivity index (χ1) is 14.1. The van der Waals surface area contributed by atoms with Crippen LogP contribution in [0.25, 0.3) is 11.0 Å². The quantitative estimate of drug-likeness (QED) is 0.702. The zero-order chi connectivity index (χ0) is 20.2. The third kappa shape index (κ3) is 4.55. The summed E-state index contributed by atoms with van der Waals surface area (Å²) in [5.41, 5.74) is 8.88. The Morgan fingerprint density at radius 1 is 1.03 bits per heavy atom. The minimum atomic E-state index is 0.000401. The lowest BCUT2D eigenvalue weighted by atomic mass is 9.97. The first-order valence-corrected chi connectivity index (χ1v) is 11.4. The lowest BCUT2D eigenvalue weighted by molar-refractivity contribution is 0.101. The fraction of sp³-hybridized carbons (Fsp3) is 0.652. The number of hydrogen-bond donors (Lipinski definition) is 2. The number of hydrogen-bond acceptors (Lipinski definition) is 5. The Hall–Kier alpha value is -1.76. The van der Waals surface area contributed by atoms with E-state index in [1.54, 1.807) is 0 Å². The smallest absolute Gasteiger partial charge is 0.274 e. The summed E-state index contributed by atoms with van der Waals surface area (Å²) in [7, 11) is 0. The van der Waals surface area contributed by atoms with Gasteiger partial charge in [0.1, 0.15) is 5.69 Å². The lowest BCUT2D eigenvalue weighted by Gasteiger charge is -2.39. The number of piperidine rings is 1. The molecule has 158 valence electrons. The van der Waals surface area contributed by atoms with Gasteiger partial charge in [0.2, 0.25) is 0 Å². The molecule has 0 radical (unpaired) electrons. The fourth-order valence-electron chi connectivity index (χ4n) is 5.01. The molecule has 3 heterocycles. The predicted molar refractivity (Wildman–Crippen MR) is 118 cm³/mol. The maximum Gasteiger partial charge on any atom is 0.274 e. The molecule has 6 nitrogen and oxygen atoms in total. The van der Waals surface area contributed by atoms with Crippen LogP contribution in [0.2, 0.25) is 0 Å². The Labute approximate surface area is 173 Å². The molecular weight excluding hydrogens is 362 g/mol. The van der Waals surface area contributed by atoms with Crippen LogP contribution in [0.15, 0.2) is 29.1 Å². The van der Waals surface area contributed by atoms with E-state index in [-0.39, 0.29) is 11.6 Å². The molecule has 0 bridgehead atoms. The lowest BCUT2D eigenvalue weighted by Crippen LogP contribution is -2.44. The molecule has 6 heteroatoms. The molecule has 2 aromatic rings. The first kappa shape index (κ1) is 20.5. The highest BCUT2D eigenvalue weighted by Gasteiger charge is 2.24. The minimum absolute atomic E-state index is 0.000401. The third-order valence-electron chi connectivity index (χ3n) is 6.72. The summed E-state index contributed by atoms with van der Waals surface area (Å²) in [6, 6.07) is 9.44. The van der Waals surface area contributed by atoms with Crippen molar-refractivity contribution in [3.8, 4) is 0 Å². The molecule has 29 heavy (non-hydrogen) atoms. The van der Waals surface area contributed by atoms with Gasteiger partial charge in [-0.05, 0) is 64.6 Å². The van der Waals surface area contributed by atoms with Crippen LogP contribution in [0.5, 0.6) is 0 Å². The second kappa shape index (κ2) is 9.37. The van der Waals surface area contributed by atoms with Gasteiger partial charge in [-0.1, -0.05) is 25.0 Å². The number of fused-ring (bicyclic) bond motifs is 1. The second-order valence-corrected chi connectivity index (χ2v) is 8.78. The molecular formula is C23H35N5O. The normalized spacial score (nSPS) is 25.7. The topological polar surface area (TPSA) is 62.2 Å². The number of rotatable bonds is 7. The first-order valence-electron chi connectivity index (χ1n) is 11.4. The number of likely N-dealkylation sites (tertiary alicyclic amines) is 1. The highest BCUT2D eigenvalue weighted by molar-refractivity contribution is 5.74. The number of aryl methyl sites for hydroxylation is 1. The van der Waals surface area contributed by atoms with Gasteiger partial charge in [-0.2, -0.15) is 0 Å². The van der Waals surface area contributed by atoms with Gasteiger partial charge in [0.15, 0.2) is 0 Å². The van der Waals surface area contributed by atoms with Gasteiger partial charge in [0.25, 0.3) is 5.56 Å². The van der Waals surface area contributed by atoms with Crippen molar-refractivity contribution >= 4 is 11.0 Å². The molecule has 0 spiro atoms. The highest BCUT2D eigenvalue weighted by Crippen LogP contribution is 2.23. The molecule has 3 atom stereocenters. The third-order valence-corrected chi connectivity index (χ3v) is 6.72. The summed E-state index contributed by atoms with van der Waals surface area (Å²) in [6.45, 7) is 7.54. The average Bonchev–Trinajstić information content (AvgIpc) is 3.25. The van der Waals surface area contributed by atoms with E-state index in [1.165, 1.54) is 32.2 Å². The molecule has 2 aliphatic heterocycles. The summed E-state index contributed by atoms with van der Waals surface area (Å²) in [4.78, 5) is 20.6. The van der Waals surface area contributed by atoms with E-state index in [0.29, 0.717) is 17.8 Å². The van der Waals surface area contributed by atoms with E-state index < -0.39 is 0 Å². The van der Waals surface area contributed by atoms with Crippen molar-refractivity contribution in [3.05, 3.63) is 40.3 Å².